The van der Waals surface area contributed by atoms with Crippen LogP contribution in [0.15, 0.2) is 85.1 Å². The highest BCUT2D eigenvalue weighted by molar-refractivity contribution is 5.70. The summed E-state index contributed by atoms with van der Waals surface area (Å²) < 4.78 is 17.2. The predicted molar refractivity (Wildman–Crippen MR) is 277 cm³/mol. The molecular formula is C58H99NO7. The molecule has 0 radical (unpaired) electrons. The van der Waals surface area contributed by atoms with Gasteiger partial charge in [0.2, 0.25) is 0 Å². The molecule has 378 valence electrons. The van der Waals surface area contributed by atoms with Crippen LogP contribution in [0.2, 0.25) is 0 Å². The van der Waals surface area contributed by atoms with Crippen molar-refractivity contribution in [3.05, 3.63) is 85.1 Å². The van der Waals surface area contributed by atoms with E-state index in [-0.39, 0.29) is 43.1 Å². The molecule has 0 spiro atoms. The van der Waals surface area contributed by atoms with Gasteiger partial charge in [-0.2, -0.15) is 0 Å². The van der Waals surface area contributed by atoms with Gasteiger partial charge in [0.15, 0.2) is 6.10 Å². The summed E-state index contributed by atoms with van der Waals surface area (Å²) in [5, 5.41) is 11.7. The quantitative estimate of drug-likeness (QED) is 0.0259. The predicted octanol–water partition coefficient (Wildman–Crippen LogP) is 14.3. The van der Waals surface area contributed by atoms with Crippen molar-refractivity contribution < 1.29 is 38.2 Å². The third-order valence-electron chi connectivity index (χ3n) is 11.5. The van der Waals surface area contributed by atoms with Crippen molar-refractivity contribution in [3.63, 3.8) is 0 Å². The Labute approximate surface area is 405 Å². The molecule has 0 aliphatic rings. The summed E-state index contributed by atoms with van der Waals surface area (Å²) in [5.74, 6) is -1.85. The van der Waals surface area contributed by atoms with Gasteiger partial charge in [-0.15, -0.1) is 0 Å². The molecule has 0 rings (SSSR count). The second kappa shape index (κ2) is 48.0. The van der Waals surface area contributed by atoms with E-state index in [0.717, 1.165) is 57.8 Å². The molecule has 8 heteroatoms. The number of esters is 2. The number of unbranched alkanes of at least 4 members (excludes halogenated alkanes) is 19. The Morgan fingerprint density at radius 2 is 0.879 bits per heavy atom. The summed E-state index contributed by atoms with van der Waals surface area (Å²) in [7, 11) is 5.38. The molecule has 0 saturated heterocycles. The number of ether oxygens (including phenoxy) is 3. The first-order valence-electron chi connectivity index (χ1n) is 26.6. The van der Waals surface area contributed by atoms with Crippen molar-refractivity contribution in [2.24, 2.45) is 0 Å². The van der Waals surface area contributed by atoms with E-state index in [2.05, 4.69) is 86.8 Å². The number of hydrogen-bond acceptors (Lipinski definition) is 7. The number of carbonyl (C=O) groups is 3. The lowest BCUT2D eigenvalue weighted by atomic mass is 10.0. The number of carbonyl (C=O) groups excluding carboxylic acids is 3. The molecule has 8 nitrogen and oxygen atoms in total. The van der Waals surface area contributed by atoms with E-state index in [0.29, 0.717) is 12.8 Å². The van der Waals surface area contributed by atoms with Crippen LogP contribution in [0.25, 0.3) is 0 Å². The van der Waals surface area contributed by atoms with E-state index in [9.17, 15) is 19.5 Å². The number of carboxylic acid groups (broad SMARTS) is 1. The summed E-state index contributed by atoms with van der Waals surface area (Å²) in [5.41, 5.74) is 0. The molecule has 0 fully saturated rings. The first-order chi connectivity index (χ1) is 32.1. The Morgan fingerprint density at radius 1 is 0.470 bits per heavy atom. The SMILES string of the molecule is CC/C=C/C/C=C/C/C=C/C/C=C/C/C=C/C/C=C/CCC(=O)OC(COCCC(C(=O)[O-])[N+](C)(C)C)COC(=O)CCCCCCCCC/C=C/CCCCCCCCCCCCCC. The fraction of sp³-hybridized carbons (Fsp3) is 0.707. The maximum Gasteiger partial charge on any atom is 0.306 e. The lowest BCUT2D eigenvalue weighted by molar-refractivity contribution is -0.889. The minimum absolute atomic E-state index is 0.00503. The number of aliphatic carboxylic acids is 1. The van der Waals surface area contributed by atoms with E-state index in [1.807, 2.05) is 12.2 Å². The monoisotopic (exact) mass is 922 g/mol. The standard InChI is InChI=1S/C58H99NO7/c1-6-8-10-12-14-16-18-20-22-24-26-27-28-29-31-32-34-36-38-40-42-44-46-48-56(60)65-53-54(52-64-51-50-55(58(62)63)59(3,4)5)66-57(61)49-47-45-43-41-39-37-35-33-30-25-23-21-19-17-15-13-11-9-7-2/h9,11,15,17,21,23,29-31,33,37,39,43,45,54-55H,6-8,10,12-14,16,18-20,22,24-28,32,34-36,38,40-42,44,46-53H2,1-5H3/b11-9+,17-15+,23-21+,31-29+,33-30+,39-37+,45-43+. The fourth-order valence-corrected chi connectivity index (χ4v) is 7.45. The van der Waals surface area contributed by atoms with Gasteiger partial charge in [0.05, 0.1) is 40.3 Å². The summed E-state index contributed by atoms with van der Waals surface area (Å²) in [6.45, 7) is 4.48. The minimum atomic E-state index is -1.14. The lowest BCUT2D eigenvalue weighted by Gasteiger charge is -2.34. The van der Waals surface area contributed by atoms with Crippen molar-refractivity contribution in [2.75, 3.05) is 41.0 Å². The number of quaternary nitrogens is 1. The largest absolute Gasteiger partial charge is 0.544 e. The molecule has 0 aromatic heterocycles. The highest BCUT2D eigenvalue weighted by Gasteiger charge is 2.25. The van der Waals surface area contributed by atoms with Crippen molar-refractivity contribution in [1.82, 2.24) is 0 Å². The van der Waals surface area contributed by atoms with E-state index in [4.69, 9.17) is 14.2 Å². The molecular weight excluding hydrogens is 823 g/mol. The highest BCUT2D eigenvalue weighted by atomic mass is 16.6. The van der Waals surface area contributed by atoms with Crippen LogP contribution in [-0.4, -0.2) is 75.5 Å². The third kappa shape index (κ3) is 45.7. The topological polar surface area (TPSA) is 102 Å². The number of likely N-dealkylation sites (N-methyl/N-ethyl adjacent to an activating group) is 1. The van der Waals surface area contributed by atoms with E-state index < -0.39 is 24.1 Å². The molecule has 66 heavy (non-hydrogen) atoms. The van der Waals surface area contributed by atoms with Crippen molar-refractivity contribution in [2.45, 2.75) is 225 Å². The Bertz CT molecular complexity index is 1350. The Morgan fingerprint density at radius 3 is 1.32 bits per heavy atom. The Kier molecular flexibility index (Phi) is 45.4. The molecule has 0 aromatic carbocycles. The van der Waals surface area contributed by atoms with Gasteiger partial charge in [0.25, 0.3) is 0 Å². The van der Waals surface area contributed by atoms with Crippen molar-refractivity contribution >= 4 is 17.9 Å². The molecule has 2 atom stereocenters. The minimum Gasteiger partial charge on any atom is -0.544 e. The van der Waals surface area contributed by atoms with Crippen LogP contribution in [0.3, 0.4) is 0 Å². The van der Waals surface area contributed by atoms with E-state index >= 15 is 0 Å². The first-order valence-corrected chi connectivity index (χ1v) is 26.6. The lowest BCUT2D eigenvalue weighted by Crippen LogP contribution is -2.55. The van der Waals surface area contributed by atoms with Crippen LogP contribution < -0.4 is 5.11 Å². The average molecular weight is 922 g/mol. The van der Waals surface area contributed by atoms with Crippen LogP contribution in [0.5, 0.6) is 0 Å². The normalized spacial score (nSPS) is 13.5. The number of allylic oxidation sites excluding steroid dienone is 14. The summed E-state index contributed by atoms with van der Waals surface area (Å²) in [6, 6.07) is -0.744. The van der Waals surface area contributed by atoms with Crippen molar-refractivity contribution in [3.8, 4) is 0 Å². The van der Waals surface area contributed by atoms with Gasteiger partial charge < -0.3 is 28.6 Å². The number of rotatable bonds is 47. The smallest absolute Gasteiger partial charge is 0.306 e. The van der Waals surface area contributed by atoms with Gasteiger partial charge in [-0.3, -0.25) is 9.59 Å². The van der Waals surface area contributed by atoms with Crippen LogP contribution >= 0.6 is 0 Å². The Balaban J connectivity index is 4.32. The highest BCUT2D eigenvalue weighted by Crippen LogP contribution is 2.15. The number of nitrogens with zero attached hydrogens (tertiary/aromatic N) is 1. The molecule has 0 aliphatic carbocycles. The first kappa shape index (κ1) is 62.5. The Hall–Kier alpha value is -3.49. The summed E-state index contributed by atoms with van der Waals surface area (Å²) in [4.78, 5) is 37.0. The zero-order chi connectivity index (χ0) is 48.4. The van der Waals surface area contributed by atoms with Gasteiger partial charge in [-0.25, -0.2) is 0 Å². The molecule has 0 aliphatic heterocycles. The zero-order valence-electron chi connectivity index (χ0n) is 43.1. The molecule has 0 heterocycles. The summed E-state index contributed by atoms with van der Waals surface area (Å²) >= 11 is 0. The van der Waals surface area contributed by atoms with Crippen LogP contribution in [-0.2, 0) is 28.6 Å². The molecule has 0 amide bonds. The van der Waals surface area contributed by atoms with Gasteiger partial charge >= 0.3 is 11.9 Å². The fourth-order valence-electron chi connectivity index (χ4n) is 7.45. The van der Waals surface area contributed by atoms with Gasteiger partial charge in [0.1, 0.15) is 12.6 Å². The second-order valence-corrected chi connectivity index (χ2v) is 18.7. The molecule has 0 N–H and O–H groups in total. The molecule has 0 bridgehead atoms. The van der Waals surface area contributed by atoms with E-state index in [1.54, 1.807) is 21.1 Å². The van der Waals surface area contributed by atoms with Gasteiger partial charge in [-0.1, -0.05) is 202 Å². The maximum atomic E-state index is 12.8. The number of carboxylic acids is 1. The summed E-state index contributed by atoms with van der Waals surface area (Å²) in [6.07, 6.45) is 63.6. The van der Waals surface area contributed by atoms with Crippen LogP contribution in [0.4, 0.5) is 0 Å². The van der Waals surface area contributed by atoms with Gasteiger partial charge in [-0.05, 0) is 77.0 Å². The average Bonchev–Trinajstić information content (AvgIpc) is 3.28. The molecule has 2 unspecified atom stereocenters. The molecule has 0 aromatic rings. The van der Waals surface area contributed by atoms with Crippen molar-refractivity contribution in [1.29, 1.82) is 0 Å². The zero-order valence-corrected chi connectivity index (χ0v) is 43.1. The van der Waals surface area contributed by atoms with E-state index in [1.165, 1.54) is 116 Å². The molecule has 0 saturated carbocycles. The van der Waals surface area contributed by atoms with Crippen LogP contribution in [0, 0.1) is 0 Å². The maximum absolute atomic E-state index is 12.8. The number of hydrogen-bond donors (Lipinski definition) is 0. The van der Waals surface area contributed by atoms with Crippen LogP contribution in [0.1, 0.15) is 213 Å². The third-order valence-corrected chi connectivity index (χ3v) is 11.5. The second-order valence-electron chi connectivity index (χ2n) is 18.7. The van der Waals surface area contributed by atoms with Gasteiger partial charge in [0, 0.05) is 19.3 Å².